The SMILES string of the molecule is CNC(=O)[C@H](CN)NC(=O)CSC[C@H](NC(=O)[C@H](CO)NC(=O)[C@@H](NC(=O)[C@H](CC(C)C)NC(=O)[C@H](CC(N)=O)NC(=O)[C@@H](CC(C)C)NC(=O)[C@H](CN)NC(C)=O)C(C)C)C(=O)NCC(N)=O. The number of rotatable bonds is 32. The summed E-state index contributed by atoms with van der Waals surface area (Å²) in [7, 11) is 1.35. The molecule has 8 atom stereocenters. The predicted octanol–water partition coefficient (Wildman–Crippen LogP) is -7.50. The van der Waals surface area contributed by atoms with Crippen LogP contribution in [0, 0.1) is 17.8 Å². The number of thioether (sulfide) groups is 1. The number of likely N-dealkylation sites (N-methyl/N-ethyl adjacent to an activating group) is 1. The van der Waals surface area contributed by atoms with E-state index in [1.807, 2.05) is 0 Å². The van der Waals surface area contributed by atoms with Gasteiger partial charge in [-0.25, -0.2) is 0 Å². The summed E-state index contributed by atoms with van der Waals surface area (Å²) < 4.78 is 0. The standard InChI is InChI=1S/C40H72N14O13S/c1-18(2)9-22(50-38(65)26(13-42)47-21(7)56)35(62)51-24(11-29(43)57)36(63)49-23(10-19(3)4)37(64)54-32(20(5)6)40(67)52-27(15-55)39(66)53-28(34(61)46-14-30(44)58)16-68-17-31(59)48-25(12-41)33(60)45-8/h18-20,22-28,32,55H,9-17,41-42H2,1-8H3,(H2,43,57)(H2,44,58)(H,45,60)(H,46,61)(H,47,56)(H,48,59)(H,49,63)(H,50,65)(H,51,62)(H,52,67)(H,53,66)(H,54,64)/t22-,23+,24+,25+,26+,27+,28+,32+/m1/s1. The van der Waals surface area contributed by atoms with Gasteiger partial charge in [-0.2, -0.15) is 0 Å². The van der Waals surface area contributed by atoms with Gasteiger partial charge in [-0.1, -0.05) is 41.5 Å². The van der Waals surface area contributed by atoms with Crippen LogP contribution in [0.2, 0.25) is 0 Å². The second kappa shape index (κ2) is 31.8. The van der Waals surface area contributed by atoms with Gasteiger partial charge in [0.05, 0.1) is 25.3 Å². The summed E-state index contributed by atoms with van der Waals surface area (Å²) in [5.74, 6) is -12.0. The third-order valence-corrected chi connectivity index (χ3v) is 10.5. The van der Waals surface area contributed by atoms with Crippen LogP contribution in [0.4, 0.5) is 0 Å². The largest absolute Gasteiger partial charge is 0.394 e. The molecule has 0 saturated heterocycles. The molecule has 0 aliphatic carbocycles. The predicted molar refractivity (Wildman–Crippen MR) is 247 cm³/mol. The van der Waals surface area contributed by atoms with Crippen LogP contribution in [0.5, 0.6) is 0 Å². The molecule has 0 aromatic carbocycles. The number of nitrogens with two attached hydrogens (primary N) is 4. The summed E-state index contributed by atoms with van der Waals surface area (Å²) >= 11 is 0.843. The number of primary amides is 2. The van der Waals surface area contributed by atoms with Crippen molar-refractivity contribution in [1.82, 2.24) is 53.2 Å². The Balaban J connectivity index is 6.29. The van der Waals surface area contributed by atoms with Gasteiger partial charge in [-0.05, 0) is 30.6 Å². The van der Waals surface area contributed by atoms with E-state index in [0.717, 1.165) is 11.8 Å². The fourth-order valence-corrected chi connectivity index (χ4v) is 6.88. The zero-order valence-corrected chi connectivity index (χ0v) is 40.6. The Kier molecular flexibility index (Phi) is 28.9. The van der Waals surface area contributed by atoms with E-state index in [-0.39, 0.29) is 49.3 Å². The molecule has 0 radical (unpaired) electrons. The summed E-state index contributed by atoms with van der Waals surface area (Å²) in [5, 5.41) is 34.1. The Morgan fingerprint density at radius 1 is 0.515 bits per heavy atom. The highest BCUT2D eigenvalue weighted by molar-refractivity contribution is 8.00. The van der Waals surface area contributed by atoms with Crippen LogP contribution in [-0.2, 0) is 57.5 Å². The van der Waals surface area contributed by atoms with Crippen LogP contribution in [-0.4, -0.2) is 169 Å². The van der Waals surface area contributed by atoms with Crippen molar-refractivity contribution in [2.75, 3.05) is 44.8 Å². The van der Waals surface area contributed by atoms with Gasteiger partial charge in [-0.15, -0.1) is 11.8 Å². The highest BCUT2D eigenvalue weighted by Gasteiger charge is 2.36. The molecule has 0 aromatic heterocycles. The third kappa shape index (κ3) is 24.1. The molecule has 0 aromatic rings. The number of nitrogens with one attached hydrogen (secondary N) is 10. The van der Waals surface area contributed by atoms with E-state index in [0.29, 0.717) is 0 Å². The molecular formula is C40H72N14O13S. The fourth-order valence-electron chi connectivity index (χ4n) is 6.02. The van der Waals surface area contributed by atoms with E-state index in [4.69, 9.17) is 22.9 Å². The molecule has 19 N–H and O–H groups in total. The molecule has 0 unspecified atom stereocenters. The average molecular weight is 989 g/mol. The third-order valence-electron chi connectivity index (χ3n) is 9.43. The van der Waals surface area contributed by atoms with Gasteiger partial charge < -0.3 is 81.2 Å². The van der Waals surface area contributed by atoms with Crippen molar-refractivity contribution in [3.8, 4) is 0 Å². The maximum Gasteiger partial charge on any atom is 0.245 e. The van der Waals surface area contributed by atoms with Crippen molar-refractivity contribution >= 4 is 82.6 Å². The van der Waals surface area contributed by atoms with E-state index >= 15 is 0 Å². The van der Waals surface area contributed by atoms with Gasteiger partial charge in [-0.3, -0.25) is 57.5 Å². The second-order valence-corrected chi connectivity index (χ2v) is 17.8. The first-order chi connectivity index (χ1) is 31.7. The molecule has 0 bridgehead atoms. The maximum absolute atomic E-state index is 13.9. The molecule has 0 fully saturated rings. The van der Waals surface area contributed by atoms with Crippen LogP contribution < -0.4 is 76.1 Å². The maximum atomic E-state index is 13.9. The normalized spacial score (nSPS) is 14.6. The minimum atomic E-state index is -1.72. The van der Waals surface area contributed by atoms with Crippen LogP contribution in [0.3, 0.4) is 0 Å². The molecule has 27 nitrogen and oxygen atoms in total. The summed E-state index contributed by atoms with van der Waals surface area (Å²) in [6, 6.07) is -11.1. The van der Waals surface area contributed by atoms with Crippen molar-refractivity contribution in [2.24, 2.45) is 40.7 Å². The molecular weight excluding hydrogens is 917 g/mol. The second-order valence-electron chi connectivity index (χ2n) is 16.8. The van der Waals surface area contributed by atoms with Gasteiger partial charge in [0.25, 0.3) is 0 Å². The lowest BCUT2D eigenvalue weighted by molar-refractivity contribution is -0.137. The van der Waals surface area contributed by atoms with Crippen molar-refractivity contribution in [3.05, 3.63) is 0 Å². The molecule has 0 rings (SSSR count). The number of hydrogen-bond acceptors (Lipinski definition) is 16. The monoisotopic (exact) mass is 989 g/mol. The number of aliphatic hydroxyl groups excluding tert-OH is 1. The number of hydrogen-bond donors (Lipinski definition) is 15. The Morgan fingerprint density at radius 2 is 0.956 bits per heavy atom. The van der Waals surface area contributed by atoms with E-state index < -0.39 is 145 Å². The van der Waals surface area contributed by atoms with Crippen molar-refractivity contribution in [1.29, 1.82) is 0 Å². The molecule has 0 heterocycles. The summed E-state index contributed by atoms with van der Waals surface area (Å²) in [5.41, 5.74) is 21.7. The summed E-state index contributed by atoms with van der Waals surface area (Å²) in [4.78, 5) is 154. The lowest BCUT2D eigenvalue weighted by Gasteiger charge is -2.29. The molecule has 0 aliphatic heterocycles. The van der Waals surface area contributed by atoms with Gasteiger partial charge >= 0.3 is 0 Å². The zero-order chi connectivity index (χ0) is 52.4. The highest BCUT2D eigenvalue weighted by Crippen LogP contribution is 2.11. The first-order valence-electron chi connectivity index (χ1n) is 21.7. The zero-order valence-electron chi connectivity index (χ0n) is 39.8. The average Bonchev–Trinajstić information content (AvgIpc) is 3.24. The highest BCUT2D eigenvalue weighted by atomic mass is 32.2. The number of carbonyl (C=O) groups is 12. The topological polar surface area (TPSA) is 449 Å². The molecule has 28 heteroatoms. The molecule has 12 amide bonds. The Hall–Kier alpha value is -6.13. The van der Waals surface area contributed by atoms with E-state index in [2.05, 4.69) is 53.2 Å². The van der Waals surface area contributed by atoms with Gasteiger partial charge in [0.1, 0.15) is 48.3 Å². The minimum Gasteiger partial charge on any atom is -0.394 e. The van der Waals surface area contributed by atoms with Crippen LogP contribution >= 0.6 is 11.8 Å². The Labute approximate surface area is 399 Å². The van der Waals surface area contributed by atoms with Gasteiger partial charge in [0.15, 0.2) is 0 Å². The van der Waals surface area contributed by atoms with Crippen molar-refractivity contribution < 1.29 is 62.6 Å². The van der Waals surface area contributed by atoms with Crippen LogP contribution in [0.25, 0.3) is 0 Å². The lowest BCUT2D eigenvalue weighted by atomic mass is 9.99. The van der Waals surface area contributed by atoms with Gasteiger partial charge in [0.2, 0.25) is 70.9 Å². The Bertz CT molecular complexity index is 1790. The van der Waals surface area contributed by atoms with Crippen LogP contribution in [0.15, 0.2) is 0 Å². The molecule has 0 aliphatic rings. The van der Waals surface area contributed by atoms with Crippen molar-refractivity contribution in [2.45, 2.75) is 116 Å². The van der Waals surface area contributed by atoms with Gasteiger partial charge in [0, 0.05) is 32.8 Å². The van der Waals surface area contributed by atoms with E-state index in [1.165, 1.54) is 14.0 Å². The molecule has 0 spiro atoms. The first kappa shape index (κ1) is 61.9. The van der Waals surface area contributed by atoms with Crippen molar-refractivity contribution in [3.63, 3.8) is 0 Å². The molecule has 386 valence electrons. The summed E-state index contributed by atoms with van der Waals surface area (Å²) in [6.07, 6.45) is -0.704. The van der Waals surface area contributed by atoms with Crippen LogP contribution in [0.1, 0.15) is 67.7 Å². The molecule has 0 saturated carbocycles. The number of aliphatic hydroxyl groups is 1. The minimum absolute atomic E-state index is 0.0286. The molecule has 68 heavy (non-hydrogen) atoms. The lowest BCUT2D eigenvalue weighted by Crippen LogP contribution is -2.62. The van der Waals surface area contributed by atoms with E-state index in [9.17, 15) is 62.6 Å². The smallest absolute Gasteiger partial charge is 0.245 e. The summed E-state index contributed by atoms with van der Waals surface area (Å²) in [6.45, 7) is 9.08. The quantitative estimate of drug-likeness (QED) is 0.0298. The fraction of sp³-hybridized carbons (Fsp3) is 0.700. The van der Waals surface area contributed by atoms with E-state index in [1.54, 1.807) is 41.5 Å². The first-order valence-corrected chi connectivity index (χ1v) is 22.9. The number of carbonyl (C=O) groups excluding carboxylic acids is 12. The number of amides is 12. The Morgan fingerprint density at radius 3 is 1.40 bits per heavy atom.